The van der Waals surface area contributed by atoms with Gasteiger partial charge >= 0.3 is 12.2 Å². The molecule has 0 aliphatic carbocycles. The van der Waals surface area contributed by atoms with E-state index in [9.17, 15) is 9.59 Å². The van der Waals surface area contributed by atoms with E-state index in [1.165, 1.54) is 96.9 Å². The van der Waals surface area contributed by atoms with Crippen molar-refractivity contribution in [3.63, 3.8) is 0 Å². The molecule has 0 bridgehead atoms. The lowest BCUT2D eigenvalue weighted by Gasteiger charge is -2.40. The average molecular weight is 687 g/mol. The van der Waals surface area contributed by atoms with Gasteiger partial charge in [-0.1, -0.05) is 201 Å². The number of benzene rings is 3. The maximum absolute atomic E-state index is 12.6. The van der Waals surface area contributed by atoms with E-state index < -0.39 is 30.2 Å². The van der Waals surface area contributed by atoms with Crippen LogP contribution >= 0.6 is 0 Å². The third-order valence-electron chi connectivity index (χ3n) is 9.42. The maximum Gasteiger partial charge on any atom is 0.407 e. The fourth-order valence-corrected chi connectivity index (χ4v) is 6.70. The number of nitrogens with two attached hydrogens (primary N) is 1. The molecule has 0 radical (unpaired) electrons. The standard InChI is InChI=1S/C43H62N2O5/c1-3-4-5-6-7-8-9-10-11-12-13-14-15-16-17-18-28-35-39(48-42(47)45-2)40(49-41(44)46)50-43(36-29-22-19-23-30-36,37-31-24-20-25-32-37)38-33-26-21-27-34-38/h19-27,29-34,39-40H,3-18,28,35H2,1-2H3,(H2,44,46)(H,45,47). The molecule has 0 heterocycles. The van der Waals surface area contributed by atoms with Crippen molar-refractivity contribution in [2.24, 2.45) is 5.73 Å². The first-order valence-corrected chi connectivity index (χ1v) is 19.2. The third-order valence-corrected chi connectivity index (χ3v) is 9.42. The van der Waals surface area contributed by atoms with Gasteiger partial charge in [-0.15, -0.1) is 0 Å². The molecule has 2 amide bonds. The molecule has 2 unspecified atom stereocenters. The van der Waals surface area contributed by atoms with Crippen LogP contribution in [0.2, 0.25) is 0 Å². The number of amides is 2. The predicted molar refractivity (Wildman–Crippen MR) is 203 cm³/mol. The van der Waals surface area contributed by atoms with Crippen LogP contribution in [-0.4, -0.2) is 31.6 Å². The summed E-state index contributed by atoms with van der Waals surface area (Å²) in [5.74, 6) is 0. The van der Waals surface area contributed by atoms with Crippen LogP contribution in [-0.2, 0) is 19.8 Å². The molecule has 50 heavy (non-hydrogen) atoms. The minimum atomic E-state index is -1.29. The second kappa shape index (κ2) is 24.3. The van der Waals surface area contributed by atoms with Gasteiger partial charge in [-0.25, -0.2) is 9.59 Å². The Morgan fingerprint density at radius 3 is 1.28 bits per heavy atom. The van der Waals surface area contributed by atoms with E-state index in [0.29, 0.717) is 6.42 Å². The van der Waals surface area contributed by atoms with Crippen LogP contribution in [0.4, 0.5) is 9.59 Å². The van der Waals surface area contributed by atoms with Gasteiger partial charge in [0.2, 0.25) is 6.29 Å². The smallest absolute Gasteiger partial charge is 0.407 e. The summed E-state index contributed by atoms with van der Waals surface area (Å²) in [5.41, 5.74) is 6.90. The molecule has 0 aromatic heterocycles. The molecule has 0 fully saturated rings. The lowest BCUT2D eigenvalue weighted by Crippen LogP contribution is -2.46. The fourth-order valence-electron chi connectivity index (χ4n) is 6.70. The zero-order valence-electron chi connectivity index (χ0n) is 30.7. The van der Waals surface area contributed by atoms with Gasteiger partial charge in [0.1, 0.15) is 5.60 Å². The van der Waals surface area contributed by atoms with E-state index >= 15 is 0 Å². The molecule has 7 heteroatoms. The molecule has 3 aromatic carbocycles. The van der Waals surface area contributed by atoms with Gasteiger partial charge in [-0.05, 0) is 29.5 Å². The molecule has 3 N–H and O–H groups in total. The van der Waals surface area contributed by atoms with Crippen molar-refractivity contribution in [2.75, 3.05) is 7.05 Å². The highest BCUT2D eigenvalue weighted by Crippen LogP contribution is 2.42. The zero-order chi connectivity index (χ0) is 35.7. The summed E-state index contributed by atoms with van der Waals surface area (Å²) < 4.78 is 18.5. The molecule has 3 rings (SSSR count). The summed E-state index contributed by atoms with van der Waals surface area (Å²) in [6.07, 6.45) is 18.2. The molecule has 0 aliphatic rings. The number of nitrogens with one attached hydrogen (secondary N) is 1. The molecule has 3 aromatic rings. The largest absolute Gasteiger partial charge is 0.440 e. The molecule has 2 atom stereocenters. The number of hydrogen-bond acceptors (Lipinski definition) is 5. The van der Waals surface area contributed by atoms with Gasteiger partial charge in [-0.2, -0.15) is 0 Å². The second-order valence-corrected chi connectivity index (χ2v) is 13.3. The van der Waals surface area contributed by atoms with E-state index in [0.717, 1.165) is 36.0 Å². The van der Waals surface area contributed by atoms with Crippen molar-refractivity contribution in [3.8, 4) is 0 Å². The highest BCUT2D eigenvalue weighted by molar-refractivity contribution is 5.67. The van der Waals surface area contributed by atoms with Crippen LogP contribution in [0, 0.1) is 0 Å². The van der Waals surface area contributed by atoms with Crippen molar-refractivity contribution >= 4 is 12.2 Å². The van der Waals surface area contributed by atoms with Gasteiger partial charge in [-0.3, -0.25) is 0 Å². The number of carbonyl (C=O) groups excluding carboxylic acids is 2. The van der Waals surface area contributed by atoms with Gasteiger partial charge in [0.05, 0.1) is 0 Å². The Morgan fingerprint density at radius 1 is 0.580 bits per heavy atom. The van der Waals surface area contributed by atoms with Crippen molar-refractivity contribution in [2.45, 2.75) is 140 Å². The van der Waals surface area contributed by atoms with E-state index in [2.05, 4.69) is 12.2 Å². The summed E-state index contributed by atoms with van der Waals surface area (Å²) >= 11 is 0. The van der Waals surface area contributed by atoms with Crippen LogP contribution in [0.1, 0.15) is 139 Å². The van der Waals surface area contributed by atoms with E-state index in [1.54, 1.807) is 0 Å². The topological polar surface area (TPSA) is 99.9 Å². The number of carbonyl (C=O) groups is 2. The Kier molecular flexibility index (Phi) is 19.8. The molecule has 0 spiro atoms. The highest BCUT2D eigenvalue weighted by Gasteiger charge is 2.44. The molecule has 274 valence electrons. The zero-order valence-corrected chi connectivity index (χ0v) is 30.7. The monoisotopic (exact) mass is 686 g/mol. The first-order chi connectivity index (χ1) is 24.5. The quantitative estimate of drug-likeness (QED) is 0.0497. The van der Waals surface area contributed by atoms with Crippen molar-refractivity contribution in [1.29, 1.82) is 0 Å². The molecule has 7 nitrogen and oxygen atoms in total. The van der Waals surface area contributed by atoms with Crippen LogP contribution < -0.4 is 11.1 Å². The number of alkyl carbamates (subject to hydrolysis) is 1. The van der Waals surface area contributed by atoms with E-state index in [-0.39, 0.29) is 0 Å². The SMILES string of the molecule is CCCCCCCCCCCCCCCCCCCC(OC(=O)NC)C(OC(N)=O)OC(c1ccccc1)(c1ccccc1)c1ccccc1. The molecular weight excluding hydrogens is 624 g/mol. The van der Waals surface area contributed by atoms with Gasteiger partial charge in [0, 0.05) is 7.05 Å². The molecular formula is C43H62N2O5. The first kappa shape index (κ1) is 40.6. The number of ether oxygens (including phenoxy) is 3. The Hall–Kier alpha value is -3.84. The van der Waals surface area contributed by atoms with Gasteiger partial charge in [0.15, 0.2) is 6.10 Å². The average Bonchev–Trinajstić information content (AvgIpc) is 3.15. The lowest BCUT2D eigenvalue weighted by atomic mass is 9.80. The fraction of sp³-hybridized carbons (Fsp3) is 0.535. The van der Waals surface area contributed by atoms with Crippen molar-refractivity contribution in [1.82, 2.24) is 5.32 Å². The van der Waals surface area contributed by atoms with Crippen LogP contribution in [0.3, 0.4) is 0 Å². The van der Waals surface area contributed by atoms with Crippen LogP contribution in [0.5, 0.6) is 0 Å². The summed E-state index contributed by atoms with van der Waals surface area (Å²) in [6.45, 7) is 2.27. The number of unbranched alkanes of at least 4 members (excludes halogenated alkanes) is 16. The van der Waals surface area contributed by atoms with Gasteiger partial charge in [0.25, 0.3) is 0 Å². The van der Waals surface area contributed by atoms with E-state index in [4.69, 9.17) is 19.9 Å². The maximum atomic E-state index is 12.6. The Bertz CT molecular complexity index is 1210. The van der Waals surface area contributed by atoms with Crippen LogP contribution in [0.15, 0.2) is 91.0 Å². The predicted octanol–water partition coefficient (Wildman–Crippen LogP) is 11.2. The summed E-state index contributed by atoms with van der Waals surface area (Å²) in [7, 11) is 1.50. The van der Waals surface area contributed by atoms with Crippen molar-refractivity contribution in [3.05, 3.63) is 108 Å². The number of primary amides is 1. The summed E-state index contributed by atoms with van der Waals surface area (Å²) in [5, 5.41) is 2.53. The molecule has 0 aliphatic heterocycles. The van der Waals surface area contributed by atoms with E-state index in [1.807, 2.05) is 91.0 Å². The van der Waals surface area contributed by atoms with Crippen molar-refractivity contribution < 1.29 is 23.8 Å². The normalized spacial score (nSPS) is 12.6. The second-order valence-electron chi connectivity index (χ2n) is 13.3. The minimum absolute atomic E-state index is 0.443. The molecule has 0 saturated carbocycles. The summed E-state index contributed by atoms with van der Waals surface area (Å²) in [6, 6.07) is 29.4. The summed E-state index contributed by atoms with van der Waals surface area (Å²) in [4.78, 5) is 25.0. The van der Waals surface area contributed by atoms with Gasteiger partial charge < -0.3 is 25.3 Å². The Balaban J connectivity index is 1.61. The minimum Gasteiger partial charge on any atom is -0.440 e. The lowest BCUT2D eigenvalue weighted by molar-refractivity contribution is -0.205. The Morgan fingerprint density at radius 2 is 0.940 bits per heavy atom. The van der Waals surface area contributed by atoms with Crippen LogP contribution in [0.25, 0.3) is 0 Å². The Labute approximate surface area is 301 Å². The first-order valence-electron chi connectivity index (χ1n) is 19.2. The highest BCUT2D eigenvalue weighted by atomic mass is 16.7. The number of rotatable bonds is 26. The third kappa shape index (κ3) is 14.2. The number of hydrogen-bond donors (Lipinski definition) is 2. The molecule has 0 saturated heterocycles.